The van der Waals surface area contributed by atoms with Crippen LogP contribution in [-0.4, -0.2) is 29.7 Å². The molecule has 0 saturated carbocycles. The minimum absolute atomic E-state index is 0.296. The van der Waals surface area contributed by atoms with E-state index < -0.39 is 5.60 Å². The van der Waals surface area contributed by atoms with Crippen molar-refractivity contribution < 1.29 is 9.53 Å². The van der Waals surface area contributed by atoms with Gasteiger partial charge >= 0.3 is 6.09 Å². The minimum atomic E-state index is -0.458. The lowest BCUT2D eigenvalue weighted by Crippen LogP contribution is -2.39. The van der Waals surface area contributed by atoms with Crippen LogP contribution in [0.2, 0.25) is 0 Å². The summed E-state index contributed by atoms with van der Waals surface area (Å²) >= 11 is 0. The summed E-state index contributed by atoms with van der Waals surface area (Å²) in [5.74, 6) is 0. The van der Waals surface area contributed by atoms with E-state index in [1.165, 1.54) is 0 Å². The Hall–Kier alpha value is -1.65. The third kappa shape index (κ3) is 2.29. The van der Waals surface area contributed by atoms with E-state index in [-0.39, 0.29) is 6.09 Å². The Bertz CT molecular complexity index is 402. The number of nitrogens with zero attached hydrogens (tertiary/aromatic N) is 3. The molecular formula is C11H15N3O2. The fourth-order valence-electron chi connectivity index (χ4n) is 1.52. The second kappa shape index (κ2) is 3.73. The average Bonchev–Trinajstić information content (AvgIpc) is 2.61. The highest BCUT2D eigenvalue weighted by Crippen LogP contribution is 2.24. The van der Waals surface area contributed by atoms with Gasteiger partial charge in [0.05, 0.1) is 18.4 Å². The number of carbonyl (C=O) groups excluding carboxylic acids is 1. The number of fused-ring (bicyclic) bond motifs is 1. The molecule has 0 spiro atoms. The molecule has 1 amide bonds. The maximum absolute atomic E-state index is 11.8. The van der Waals surface area contributed by atoms with E-state index in [0.717, 1.165) is 11.3 Å². The molecule has 0 aromatic heterocycles. The molecule has 0 radical (unpaired) electrons. The van der Waals surface area contributed by atoms with Gasteiger partial charge in [0.1, 0.15) is 5.60 Å². The van der Waals surface area contributed by atoms with Gasteiger partial charge in [-0.3, -0.25) is 4.90 Å². The topological polar surface area (TPSA) is 54.3 Å². The first-order valence-electron chi connectivity index (χ1n) is 5.24. The third-order valence-electron chi connectivity index (χ3n) is 2.23. The molecule has 5 nitrogen and oxygen atoms in total. The van der Waals surface area contributed by atoms with Crippen molar-refractivity contribution in [2.45, 2.75) is 26.4 Å². The van der Waals surface area contributed by atoms with Gasteiger partial charge in [0.2, 0.25) is 0 Å². The molecule has 16 heavy (non-hydrogen) atoms. The largest absolute Gasteiger partial charge is 0.444 e. The highest BCUT2D eigenvalue weighted by atomic mass is 16.6. The summed E-state index contributed by atoms with van der Waals surface area (Å²) in [5.41, 5.74) is 1.39. The van der Waals surface area contributed by atoms with Crippen molar-refractivity contribution in [2.24, 2.45) is 10.2 Å². The van der Waals surface area contributed by atoms with Crippen molar-refractivity contribution in [2.75, 3.05) is 13.1 Å². The maximum atomic E-state index is 11.8. The smallest absolute Gasteiger partial charge is 0.410 e. The van der Waals surface area contributed by atoms with E-state index in [9.17, 15) is 4.79 Å². The molecule has 86 valence electrons. The predicted molar refractivity (Wildman–Crippen MR) is 58.8 cm³/mol. The van der Waals surface area contributed by atoms with Crippen molar-refractivity contribution in [1.82, 2.24) is 4.90 Å². The lowest BCUT2D eigenvalue weighted by Gasteiger charge is -2.28. The molecule has 0 saturated heterocycles. The molecular weight excluding hydrogens is 206 g/mol. The lowest BCUT2D eigenvalue weighted by atomic mass is 10.1. The summed E-state index contributed by atoms with van der Waals surface area (Å²) in [5, 5.41) is 7.75. The zero-order chi connectivity index (χ0) is 11.8. The molecule has 0 aliphatic carbocycles. The highest BCUT2D eigenvalue weighted by Gasteiger charge is 2.26. The van der Waals surface area contributed by atoms with E-state index in [1.54, 1.807) is 11.1 Å². The van der Waals surface area contributed by atoms with Gasteiger partial charge in [0.25, 0.3) is 0 Å². The van der Waals surface area contributed by atoms with E-state index in [1.807, 2.05) is 26.8 Å². The summed E-state index contributed by atoms with van der Waals surface area (Å²) in [6.07, 6.45) is 3.27. The van der Waals surface area contributed by atoms with Crippen molar-refractivity contribution in [3.63, 3.8) is 0 Å². The van der Waals surface area contributed by atoms with Crippen LogP contribution in [0.4, 0.5) is 4.79 Å². The first-order valence-corrected chi connectivity index (χ1v) is 5.24. The predicted octanol–water partition coefficient (Wildman–Crippen LogP) is 2.47. The standard InChI is InChI=1S/C11H15N3O2/c1-11(2,3)16-10(15)14-5-4-9-8(7-14)6-12-13-9/h4,6H,5,7H2,1-3H3. The van der Waals surface area contributed by atoms with E-state index >= 15 is 0 Å². The van der Waals surface area contributed by atoms with Gasteiger partial charge in [-0.05, 0) is 26.8 Å². The van der Waals surface area contributed by atoms with Crippen LogP contribution in [0, 0.1) is 0 Å². The molecule has 0 fully saturated rings. The van der Waals surface area contributed by atoms with Crippen LogP contribution >= 0.6 is 0 Å². The SMILES string of the molecule is CC(C)(C)OC(=O)N1CC=C2N=NC=C2C1. The van der Waals surface area contributed by atoms with Crippen molar-refractivity contribution >= 4 is 6.09 Å². The molecule has 0 aromatic carbocycles. The minimum Gasteiger partial charge on any atom is -0.444 e. The van der Waals surface area contributed by atoms with Crippen molar-refractivity contribution in [3.8, 4) is 0 Å². The van der Waals surface area contributed by atoms with Crippen LogP contribution in [0.15, 0.2) is 33.8 Å². The summed E-state index contributed by atoms with van der Waals surface area (Å²) < 4.78 is 5.29. The van der Waals surface area contributed by atoms with Gasteiger partial charge < -0.3 is 4.74 Å². The van der Waals surface area contributed by atoms with Gasteiger partial charge in [-0.1, -0.05) is 0 Å². The quantitative estimate of drug-likeness (QED) is 0.631. The maximum Gasteiger partial charge on any atom is 0.410 e. The molecule has 2 heterocycles. The lowest BCUT2D eigenvalue weighted by molar-refractivity contribution is 0.0284. The summed E-state index contributed by atoms with van der Waals surface area (Å²) in [7, 11) is 0. The summed E-state index contributed by atoms with van der Waals surface area (Å²) in [6.45, 7) is 6.62. The van der Waals surface area contributed by atoms with Gasteiger partial charge in [-0.15, -0.1) is 0 Å². The number of hydrogen-bond acceptors (Lipinski definition) is 4. The zero-order valence-corrected chi connectivity index (χ0v) is 9.73. The van der Waals surface area contributed by atoms with Crippen LogP contribution in [0.3, 0.4) is 0 Å². The monoisotopic (exact) mass is 221 g/mol. The molecule has 0 aromatic rings. The highest BCUT2D eigenvalue weighted by molar-refractivity contribution is 5.69. The molecule has 5 heteroatoms. The van der Waals surface area contributed by atoms with Crippen LogP contribution in [0.5, 0.6) is 0 Å². The van der Waals surface area contributed by atoms with Crippen LogP contribution in [0.25, 0.3) is 0 Å². The number of ether oxygens (including phenoxy) is 1. The Morgan fingerprint density at radius 3 is 2.94 bits per heavy atom. The molecule has 2 aliphatic heterocycles. The van der Waals surface area contributed by atoms with Crippen LogP contribution in [-0.2, 0) is 4.74 Å². The molecule has 2 aliphatic rings. The fraction of sp³-hybridized carbons (Fsp3) is 0.545. The van der Waals surface area contributed by atoms with E-state index in [0.29, 0.717) is 13.1 Å². The van der Waals surface area contributed by atoms with Gasteiger partial charge in [-0.25, -0.2) is 4.79 Å². The fourth-order valence-corrected chi connectivity index (χ4v) is 1.52. The average molecular weight is 221 g/mol. The number of hydrogen-bond donors (Lipinski definition) is 0. The third-order valence-corrected chi connectivity index (χ3v) is 2.23. The Kier molecular flexibility index (Phi) is 2.53. The first-order chi connectivity index (χ1) is 7.46. The molecule has 0 unspecified atom stereocenters. The Balaban J connectivity index is 2.01. The Morgan fingerprint density at radius 1 is 1.50 bits per heavy atom. The van der Waals surface area contributed by atoms with E-state index in [2.05, 4.69) is 10.2 Å². The number of rotatable bonds is 0. The van der Waals surface area contributed by atoms with Crippen molar-refractivity contribution in [1.29, 1.82) is 0 Å². The normalized spacial score (nSPS) is 19.1. The number of azo groups is 1. The summed E-state index contributed by atoms with van der Waals surface area (Å²) in [4.78, 5) is 13.4. The second-order valence-electron chi connectivity index (χ2n) is 4.82. The molecule has 0 N–H and O–H groups in total. The van der Waals surface area contributed by atoms with Crippen LogP contribution in [0.1, 0.15) is 20.8 Å². The van der Waals surface area contributed by atoms with E-state index in [4.69, 9.17) is 4.74 Å². The molecule has 0 atom stereocenters. The van der Waals surface area contributed by atoms with Gasteiger partial charge in [0, 0.05) is 12.1 Å². The Morgan fingerprint density at radius 2 is 2.25 bits per heavy atom. The number of carbonyl (C=O) groups is 1. The van der Waals surface area contributed by atoms with Gasteiger partial charge in [-0.2, -0.15) is 10.2 Å². The van der Waals surface area contributed by atoms with Gasteiger partial charge in [0.15, 0.2) is 0 Å². The molecule has 0 bridgehead atoms. The Labute approximate surface area is 94.5 Å². The second-order valence-corrected chi connectivity index (χ2v) is 4.82. The first kappa shape index (κ1) is 10.9. The van der Waals surface area contributed by atoms with Crippen molar-refractivity contribution in [3.05, 3.63) is 23.5 Å². The van der Waals surface area contributed by atoms with Crippen LogP contribution < -0.4 is 0 Å². The zero-order valence-electron chi connectivity index (χ0n) is 9.73. The summed E-state index contributed by atoms with van der Waals surface area (Å²) in [6, 6.07) is 0. The number of amides is 1. The molecule has 2 rings (SSSR count).